The number of β-amino-alcohol motifs (C(OH)–C–C–N with tert-alkyl or cyclic N) is 1. The van der Waals surface area contributed by atoms with Crippen LogP contribution in [-0.2, 0) is 9.53 Å². The molecule has 4 rings (SSSR count). The van der Waals surface area contributed by atoms with E-state index >= 15 is 0 Å². The van der Waals surface area contributed by atoms with Crippen molar-refractivity contribution >= 4 is 5.97 Å². The molecule has 7 heteroatoms. The minimum Gasteiger partial charge on any atom is -0.495 e. The molecule has 176 valence electrons. The number of hydrogen-bond acceptors (Lipinski definition) is 7. The van der Waals surface area contributed by atoms with Gasteiger partial charge in [0.2, 0.25) is 0 Å². The number of aliphatic hydroxyl groups is 1. The van der Waals surface area contributed by atoms with Crippen LogP contribution < -0.4 is 4.74 Å². The highest BCUT2D eigenvalue weighted by Crippen LogP contribution is 2.38. The lowest BCUT2D eigenvalue weighted by atomic mass is 9.79. The molecule has 0 saturated carbocycles. The Labute approximate surface area is 195 Å². The van der Waals surface area contributed by atoms with E-state index in [-0.39, 0.29) is 17.8 Å². The third-order valence-corrected chi connectivity index (χ3v) is 7.18. The maximum Gasteiger partial charge on any atom is 0.313 e. The van der Waals surface area contributed by atoms with Crippen molar-refractivity contribution in [1.29, 1.82) is 5.26 Å². The van der Waals surface area contributed by atoms with Gasteiger partial charge < -0.3 is 19.5 Å². The summed E-state index contributed by atoms with van der Waals surface area (Å²) in [7, 11) is 1.54. The van der Waals surface area contributed by atoms with Crippen LogP contribution in [0.2, 0.25) is 0 Å². The number of rotatable bonds is 8. The number of fused-ring (bicyclic) bond motifs is 1. The number of nitriles is 1. The van der Waals surface area contributed by atoms with Gasteiger partial charge in [0.05, 0.1) is 31.3 Å². The van der Waals surface area contributed by atoms with Crippen molar-refractivity contribution in [2.24, 2.45) is 11.8 Å². The average molecular weight is 452 g/mol. The molecule has 3 atom stereocenters. The fourth-order valence-corrected chi connectivity index (χ4v) is 5.20. The van der Waals surface area contributed by atoms with E-state index in [0.29, 0.717) is 24.5 Å². The molecular weight excluding hydrogens is 418 g/mol. The number of esters is 1. The summed E-state index contributed by atoms with van der Waals surface area (Å²) in [6, 6.07) is 7.35. The Balaban J connectivity index is 1.26. The molecule has 2 heterocycles. The van der Waals surface area contributed by atoms with Crippen molar-refractivity contribution in [3.63, 3.8) is 0 Å². The van der Waals surface area contributed by atoms with Gasteiger partial charge in [0, 0.05) is 45.2 Å². The van der Waals surface area contributed by atoms with Crippen molar-refractivity contribution in [2.75, 3.05) is 53.0 Å². The lowest BCUT2D eigenvalue weighted by molar-refractivity contribution is -0.140. The molecule has 1 aromatic rings. The van der Waals surface area contributed by atoms with Crippen molar-refractivity contribution < 1.29 is 19.4 Å². The van der Waals surface area contributed by atoms with E-state index in [4.69, 9.17) is 14.7 Å². The van der Waals surface area contributed by atoms with E-state index in [0.717, 1.165) is 51.1 Å². The highest BCUT2D eigenvalue weighted by molar-refractivity contribution is 5.78. The molecule has 1 N–H and O–H groups in total. The number of carbonyl (C=O) groups is 1. The molecule has 1 aromatic carbocycles. The van der Waals surface area contributed by atoms with Gasteiger partial charge in [0.25, 0.3) is 0 Å². The molecule has 3 unspecified atom stereocenters. The minimum atomic E-state index is -0.618. The van der Waals surface area contributed by atoms with Crippen LogP contribution in [0.15, 0.2) is 41.5 Å². The predicted molar refractivity (Wildman–Crippen MR) is 125 cm³/mol. The number of allylic oxidation sites excluding steroid dienone is 1. The summed E-state index contributed by atoms with van der Waals surface area (Å²) in [5.41, 5.74) is 3.99. The highest BCUT2D eigenvalue weighted by Gasteiger charge is 2.39. The summed E-state index contributed by atoms with van der Waals surface area (Å²) in [6.07, 6.45) is 5.51. The Kier molecular flexibility index (Phi) is 7.49. The van der Waals surface area contributed by atoms with Gasteiger partial charge >= 0.3 is 5.97 Å². The average Bonchev–Trinajstić information content (AvgIpc) is 3.23. The van der Waals surface area contributed by atoms with Gasteiger partial charge in [-0.15, -0.1) is 0 Å². The molecule has 1 aliphatic carbocycles. The Hall–Kier alpha value is -2.66. The van der Waals surface area contributed by atoms with E-state index < -0.39 is 6.10 Å². The van der Waals surface area contributed by atoms with E-state index in [1.807, 2.05) is 6.08 Å². The first-order valence-electron chi connectivity index (χ1n) is 11.8. The van der Waals surface area contributed by atoms with Crippen LogP contribution in [0.4, 0.5) is 0 Å². The summed E-state index contributed by atoms with van der Waals surface area (Å²) in [5.74, 6) is 0.548. The van der Waals surface area contributed by atoms with Gasteiger partial charge in [-0.05, 0) is 36.1 Å². The largest absolute Gasteiger partial charge is 0.495 e. The smallest absolute Gasteiger partial charge is 0.313 e. The maximum absolute atomic E-state index is 11.9. The first-order chi connectivity index (χ1) is 16.0. The second-order valence-corrected chi connectivity index (χ2v) is 9.01. The monoisotopic (exact) mass is 451 g/mol. The molecule has 3 aliphatic rings. The Morgan fingerprint density at radius 1 is 1.27 bits per heavy atom. The lowest BCUT2D eigenvalue weighted by Crippen LogP contribution is -2.47. The number of nitrogens with zero attached hydrogens (tertiary/aromatic N) is 3. The third-order valence-electron chi connectivity index (χ3n) is 7.18. The number of methoxy groups -OCH3 is 1. The number of cyclic esters (lactones) is 1. The van der Waals surface area contributed by atoms with Crippen LogP contribution in [0.25, 0.3) is 0 Å². The number of benzene rings is 1. The Morgan fingerprint density at radius 2 is 2.03 bits per heavy atom. The SMILES string of the molecule is CCC1=C(CCN2CCN(CC(O)c3ccc(C#N)c(OC)c3)CC2)C=CC2C(=O)OCC12. The van der Waals surface area contributed by atoms with E-state index in [2.05, 4.69) is 28.9 Å². The standard InChI is InChI=1S/C26H33N3O4/c1-3-21-18(6-7-22-23(21)17-33-26(22)31)8-9-28-10-12-29(13-11-28)16-24(30)19-4-5-20(15-27)25(14-19)32-2/h4-7,14,22-24,30H,3,8-13,16-17H2,1-2H3. The van der Waals surface area contributed by atoms with Crippen molar-refractivity contribution in [3.8, 4) is 11.8 Å². The number of piperazine rings is 1. The third kappa shape index (κ3) is 5.14. The summed E-state index contributed by atoms with van der Waals surface area (Å²) in [5, 5.41) is 19.8. The van der Waals surface area contributed by atoms with Crippen LogP contribution in [-0.4, -0.2) is 73.9 Å². The summed E-state index contributed by atoms with van der Waals surface area (Å²) >= 11 is 0. The number of hydrogen-bond donors (Lipinski definition) is 1. The zero-order chi connectivity index (χ0) is 23.4. The summed E-state index contributed by atoms with van der Waals surface area (Å²) in [6.45, 7) is 8.01. The number of carbonyl (C=O) groups excluding carboxylic acids is 1. The predicted octanol–water partition coefficient (Wildman–Crippen LogP) is 2.67. The van der Waals surface area contributed by atoms with Crippen LogP contribution in [0.5, 0.6) is 5.75 Å². The first-order valence-corrected chi connectivity index (χ1v) is 11.8. The van der Waals surface area contributed by atoms with Gasteiger partial charge in [-0.25, -0.2) is 0 Å². The molecule has 33 heavy (non-hydrogen) atoms. The molecular formula is C26H33N3O4. The fourth-order valence-electron chi connectivity index (χ4n) is 5.20. The van der Waals surface area contributed by atoms with Gasteiger partial charge in [-0.2, -0.15) is 5.26 Å². The normalized spacial score (nSPS) is 24.4. The minimum absolute atomic E-state index is 0.0843. The molecule has 0 radical (unpaired) electrons. The van der Waals surface area contributed by atoms with E-state index in [1.165, 1.54) is 18.3 Å². The van der Waals surface area contributed by atoms with Gasteiger partial charge in [-0.1, -0.05) is 30.7 Å². The zero-order valence-corrected chi connectivity index (χ0v) is 19.5. The van der Waals surface area contributed by atoms with Crippen molar-refractivity contribution in [2.45, 2.75) is 25.9 Å². The summed E-state index contributed by atoms with van der Waals surface area (Å²) < 4.78 is 10.6. The summed E-state index contributed by atoms with van der Waals surface area (Å²) in [4.78, 5) is 16.7. The first kappa shape index (κ1) is 23.5. The molecule has 0 aromatic heterocycles. The quantitative estimate of drug-likeness (QED) is 0.608. The van der Waals surface area contributed by atoms with Crippen LogP contribution in [0.3, 0.4) is 0 Å². The second kappa shape index (κ2) is 10.5. The number of ether oxygens (including phenoxy) is 2. The zero-order valence-electron chi connectivity index (χ0n) is 19.5. The molecule has 0 spiro atoms. The Morgan fingerprint density at radius 3 is 2.73 bits per heavy atom. The lowest BCUT2D eigenvalue weighted by Gasteiger charge is -2.36. The number of aliphatic hydroxyl groups excluding tert-OH is 1. The van der Waals surface area contributed by atoms with E-state index in [9.17, 15) is 9.90 Å². The fraction of sp³-hybridized carbons (Fsp3) is 0.538. The Bertz CT molecular complexity index is 972. The molecule has 0 amide bonds. The second-order valence-electron chi connectivity index (χ2n) is 9.01. The maximum atomic E-state index is 11.9. The molecule has 0 bridgehead atoms. The topological polar surface area (TPSA) is 86.0 Å². The van der Waals surface area contributed by atoms with Gasteiger partial charge in [-0.3, -0.25) is 9.69 Å². The molecule has 7 nitrogen and oxygen atoms in total. The van der Waals surface area contributed by atoms with Gasteiger partial charge in [0.15, 0.2) is 0 Å². The van der Waals surface area contributed by atoms with Gasteiger partial charge in [0.1, 0.15) is 11.8 Å². The van der Waals surface area contributed by atoms with Crippen molar-refractivity contribution in [3.05, 3.63) is 52.6 Å². The van der Waals surface area contributed by atoms with Crippen LogP contribution in [0.1, 0.15) is 37.0 Å². The van der Waals surface area contributed by atoms with Crippen LogP contribution in [0, 0.1) is 23.2 Å². The van der Waals surface area contributed by atoms with E-state index in [1.54, 1.807) is 18.2 Å². The molecule has 2 aliphatic heterocycles. The highest BCUT2D eigenvalue weighted by atomic mass is 16.5. The van der Waals surface area contributed by atoms with Crippen molar-refractivity contribution in [1.82, 2.24) is 9.80 Å². The molecule has 2 saturated heterocycles. The molecule has 2 fully saturated rings. The van der Waals surface area contributed by atoms with Crippen LogP contribution >= 0.6 is 0 Å².